The average molecular weight is 471 g/mol. The number of nitrogens with zero attached hydrogens (tertiary/aromatic N) is 2. The molecule has 2 aromatic rings. The zero-order chi connectivity index (χ0) is 23.0. The number of aliphatic hydroxyl groups excluding tert-OH is 1. The van der Waals surface area contributed by atoms with Crippen molar-refractivity contribution in [2.75, 3.05) is 33.3 Å². The van der Waals surface area contributed by atoms with Crippen LogP contribution in [0.5, 0.6) is 5.75 Å². The number of likely N-dealkylation sites (N-methyl/N-ethyl adjacent to an activating group) is 1. The minimum atomic E-state index is -0.499. The van der Waals surface area contributed by atoms with Gasteiger partial charge >= 0.3 is 0 Å². The maximum atomic E-state index is 12.5. The quantitative estimate of drug-likeness (QED) is 0.705. The Bertz CT molecular complexity index is 1030. The third kappa shape index (κ3) is 4.50. The summed E-state index contributed by atoms with van der Waals surface area (Å²) in [5.41, 5.74) is 3.38. The number of carbonyl (C=O) groups excluding carboxylic acids is 1. The van der Waals surface area contributed by atoms with Crippen LogP contribution in [0.15, 0.2) is 36.4 Å². The monoisotopic (exact) mass is 470 g/mol. The van der Waals surface area contributed by atoms with Gasteiger partial charge in [0.1, 0.15) is 5.75 Å². The first-order valence-electron chi connectivity index (χ1n) is 11.8. The highest BCUT2D eigenvalue weighted by Gasteiger charge is 2.42. The molecular weight excluding hydrogens is 440 g/mol. The lowest BCUT2D eigenvalue weighted by Gasteiger charge is -2.47. The van der Waals surface area contributed by atoms with Gasteiger partial charge in [0.15, 0.2) is 0 Å². The van der Waals surface area contributed by atoms with Gasteiger partial charge in [0, 0.05) is 51.1 Å². The maximum Gasteiger partial charge on any atom is 0.255 e. The molecule has 0 aromatic heterocycles. The molecule has 2 aromatic carbocycles. The van der Waals surface area contributed by atoms with Gasteiger partial charge in [-0.05, 0) is 48.2 Å². The molecule has 1 spiro atoms. The van der Waals surface area contributed by atoms with Crippen LogP contribution in [0.4, 0.5) is 0 Å². The van der Waals surface area contributed by atoms with Gasteiger partial charge in [-0.2, -0.15) is 0 Å². The SMILES string of the molecule is CN(CCO)C(=O)c1ccc(-c2ccc3c(c2)COC2(CCN(C4CCC4)CC2)O3)cc1Cl. The minimum Gasteiger partial charge on any atom is -0.462 e. The second kappa shape index (κ2) is 9.26. The van der Waals surface area contributed by atoms with Crippen molar-refractivity contribution in [3.05, 3.63) is 52.5 Å². The predicted octanol–water partition coefficient (Wildman–Crippen LogP) is 4.32. The Balaban J connectivity index is 1.29. The Morgan fingerprint density at radius 1 is 1.18 bits per heavy atom. The molecule has 7 heteroatoms. The number of ether oxygens (including phenoxy) is 2. The van der Waals surface area contributed by atoms with Crippen LogP contribution in [0, 0.1) is 0 Å². The molecule has 3 aliphatic rings. The van der Waals surface area contributed by atoms with E-state index >= 15 is 0 Å². The Kier molecular flexibility index (Phi) is 6.36. The van der Waals surface area contributed by atoms with Crippen LogP contribution in [-0.2, 0) is 11.3 Å². The lowest BCUT2D eigenvalue weighted by Crippen LogP contribution is -2.54. The van der Waals surface area contributed by atoms with Crippen molar-refractivity contribution in [2.24, 2.45) is 0 Å². The van der Waals surface area contributed by atoms with E-state index in [1.165, 1.54) is 24.2 Å². The zero-order valence-corrected chi connectivity index (χ0v) is 19.8. The van der Waals surface area contributed by atoms with Crippen molar-refractivity contribution in [3.63, 3.8) is 0 Å². The fourth-order valence-corrected chi connectivity index (χ4v) is 5.23. The van der Waals surface area contributed by atoms with Gasteiger partial charge in [-0.1, -0.05) is 30.2 Å². The van der Waals surface area contributed by atoms with Crippen LogP contribution in [0.25, 0.3) is 11.1 Å². The highest BCUT2D eigenvalue weighted by atomic mass is 35.5. The summed E-state index contributed by atoms with van der Waals surface area (Å²) < 4.78 is 12.7. The van der Waals surface area contributed by atoms with Gasteiger partial charge < -0.3 is 19.5 Å². The number of rotatable bonds is 5. The molecule has 2 heterocycles. The molecule has 1 N–H and O–H groups in total. The molecule has 1 aliphatic carbocycles. The molecule has 33 heavy (non-hydrogen) atoms. The summed E-state index contributed by atoms with van der Waals surface area (Å²) >= 11 is 6.44. The van der Waals surface area contributed by atoms with Crippen molar-refractivity contribution in [2.45, 2.75) is 50.5 Å². The summed E-state index contributed by atoms with van der Waals surface area (Å²) in [6, 6.07) is 12.4. The zero-order valence-electron chi connectivity index (χ0n) is 19.1. The molecule has 0 bridgehead atoms. The van der Waals surface area contributed by atoms with Crippen molar-refractivity contribution in [1.29, 1.82) is 0 Å². The summed E-state index contributed by atoms with van der Waals surface area (Å²) in [4.78, 5) is 16.6. The Hall–Kier alpha value is -2.12. The average Bonchev–Trinajstić information content (AvgIpc) is 2.79. The lowest BCUT2D eigenvalue weighted by molar-refractivity contribution is -0.231. The number of hydrogen-bond donors (Lipinski definition) is 1. The smallest absolute Gasteiger partial charge is 0.255 e. The molecule has 6 nitrogen and oxygen atoms in total. The molecule has 5 rings (SSSR count). The van der Waals surface area contributed by atoms with Crippen molar-refractivity contribution in [3.8, 4) is 16.9 Å². The van der Waals surface area contributed by atoms with Crippen LogP contribution in [-0.4, -0.2) is 65.9 Å². The number of halogens is 1. The molecule has 1 saturated heterocycles. The molecule has 0 radical (unpaired) electrons. The number of fused-ring (bicyclic) bond motifs is 1. The first kappa shape index (κ1) is 22.7. The standard InChI is InChI=1S/C26H31ClN2O4/c1-28(13-14-30)25(31)22-7-5-19(16-23(22)27)18-6-8-24-20(15-18)17-32-26(33-24)9-11-29(12-10-26)21-3-2-4-21/h5-8,15-16,21,30H,2-4,9-14,17H2,1H3. The summed E-state index contributed by atoms with van der Waals surface area (Å²) in [5, 5.41) is 9.46. The molecular formula is C26H31ClN2O4. The minimum absolute atomic E-state index is 0.0860. The fourth-order valence-electron chi connectivity index (χ4n) is 4.96. The molecule has 1 amide bonds. The summed E-state index contributed by atoms with van der Waals surface area (Å²) in [7, 11) is 1.65. The number of benzene rings is 2. The van der Waals surface area contributed by atoms with E-state index in [0.29, 0.717) is 17.2 Å². The second-order valence-corrected chi connectivity index (χ2v) is 9.80. The molecule has 0 unspecified atom stereocenters. The fraction of sp³-hybridized carbons (Fsp3) is 0.500. The summed E-state index contributed by atoms with van der Waals surface area (Å²) in [5.74, 6) is 0.188. The Morgan fingerprint density at radius 2 is 1.91 bits per heavy atom. The number of carbonyl (C=O) groups is 1. The number of hydrogen-bond acceptors (Lipinski definition) is 5. The van der Waals surface area contributed by atoms with Crippen molar-refractivity contribution in [1.82, 2.24) is 9.80 Å². The number of piperidine rings is 1. The maximum absolute atomic E-state index is 12.5. The third-order valence-corrected chi connectivity index (χ3v) is 7.63. The highest BCUT2D eigenvalue weighted by molar-refractivity contribution is 6.34. The van der Waals surface area contributed by atoms with Gasteiger partial charge in [-0.3, -0.25) is 9.69 Å². The summed E-state index contributed by atoms with van der Waals surface area (Å²) in [6.45, 7) is 2.78. The summed E-state index contributed by atoms with van der Waals surface area (Å²) in [6.07, 6.45) is 5.83. The molecule has 0 atom stereocenters. The predicted molar refractivity (Wildman–Crippen MR) is 128 cm³/mol. The van der Waals surface area contributed by atoms with E-state index in [2.05, 4.69) is 11.0 Å². The van der Waals surface area contributed by atoms with Gasteiger partial charge in [-0.25, -0.2) is 0 Å². The molecule has 2 fully saturated rings. The Labute approximate surface area is 200 Å². The number of amides is 1. The van der Waals surface area contributed by atoms with Gasteiger partial charge in [0.2, 0.25) is 5.79 Å². The first-order valence-corrected chi connectivity index (χ1v) is 12.2. The van der Waals surface area contributed by atoms with E-state index in [1.54, 1.807) is 13.1 Å². The van der Waals surface area contributed by atoms with E-state index in [-0.39, 0.29) is 19.1 Å². The van der Waals surface area contributed by atoms with Crippen LogP contribution < -0.4 is 4.74 Å². The van der Waals surface area contributed by atoms with Crippen molar-refractivity contribution < 1.29 is 19.4 Å². The van der Waals surface area contributed by atoms with Crippen LogP contribution in [0.3, 0.4) is 0 Å². The molecule has 1 saturated carbocycles. The van der Waals surface area contributed by atoms with E-state index in [4.69, 9.17) is 26.2 Å². The molecule has 2 aliphatic heterocycles. The van der Waals surface area contributed by atoms with Gasteiger partial charge in [0.05, 0.1) is 23.8 Å². The normalized spacial score (nSPS) is 20.1. The second-order valence-electron chi connectivity index (χ2n) is 9.39. The first-order chi connectivity index (χ1) is 16.0. The topological polar surface area (TPSA) is 62.2 Å². The number of aliphatic hydroxyl groups is 1. The number of likely N-dealkylation sites (tertiary alicyclic amines) is 1. The van der Waals surface area contributed by atoms with Crippen LogP contribution in [0.2, 0.25) is 5.02 Å². The lowest BCUT2D eigenvalue weighted by atomic mass is 9.89. The van der Waals surface area contributed by atoms with E-state index in [1.807, 2.05) is 24.3 Å². The van der Waals surface area contributed by atoms with E-state index in [0.717, 1.165) is 54.4 Å². The highest BCUT2D eigenvalue weighted by Crippen LogP contribution is 2.40. The van der Waals surface area contributed by atoms with Gasteiger partial charge in [-0.15, -0.1) is 0 Å². The van der Waals surface area contributed by atoms with Crippen LogP contribution in [0.1, 0.15) is 48.0 Å². The van der Waals surface area contributed by atoms with E-state index in [9.17, 15) is 4.79 Å². The van der Waals surface area contributed by atoms with E-state index < -0.39 is 5.79 Å². The Morgan fingerprint density at radius 3 is 2.58 bits per heavy atom. The molecule has 176 valence electrons. The van der Waals surface area contributed by atoms with Gasteiger partial charge in [0.25, 0.3) is 5.91 Å². The third-order valence-electron chi connectivity index (χ3n) is 7.31. The van der Waals surface area contributed by atoms with Crippen molar-refractivity contribution >= 4 is 17.5 Å². The van der Waals surface area contributed by atoms with Crippen LogP contribution >= 0.6 is 11.6 Å². The largest absolute Gasteiger partial charge is 0.462 e.